The molecule has 4 heteroatoms. The first-order chi connectivity index (χ1) is 11.1. The van der Waals surface area contributed by atoms with Crippen LogP contribution in [0.1, 0.15) is 18.1 Å². The van der Waals surface area contributed by atoms with Crippen molar-refractivity contribution in [1.82, 2.24) is 5.32 Å². The number of halogens is 1. The summed E-state index contributed by atoms with van der Waals surface area (Å²) < 4.78 is 5.07. The van der Waals surface area contributed by atoms with Gasteiger partial charge in [0.1, 0.15) is 0 Å². The third-order valence-corrected chi connectivity index (χ3v) is 3.67. The quantitative estimate of drug-likeness (QED) is 0.642. The molecule has 2 rings (SSSR count). The van der Waals surface area contributed by atoms with Crippen LogP contribution in [0, 0.1) is 0 Å². The van der Waals surface area contributed by atoms with E-state index in [4.69, 9.17) is 16.3 Å². The summed E-state index contributed by atoms with van der Waals surface area (Å²) in [5.74, 6) is -0.152. The molecule has 0 aromatic heterocycles. The number of rotatable bonds is 6. The van der Waals surface area contributed by atoms with Gasteiger partial charge in [0, 0.05) is 23.7 Å². The molecule has 3 nitrogen and oxygen atoms in total. The third-order valence-electron chi connectivity index (χ3n) is 3.33. The normalized spacial score (nSPS) is 12.7. The summed E-state index contributed by atoms with van der Waals surface area (Å²) in [6.07, 6.45) is 1.81. The number of hydrogen-bond donors (Lipinski definition) is 1. The second-order valence-electron chi connectivity index (χ2n) is 5.28. The highest BCUT2D eigenvalue weighted by atomic mass is 35.5. The van der Waals surface area contributed by atoms with Crippen LogP contribution in [0.15, 0.2) is 54.6 Å². The van der Waals surface area contributed by atoms with Crippen LogP contribution in [0.2, 0.25) is 5.02 Å². The number of amides is 1. The van der Waals surface area contributed by atoms with E-state index in [1.54, 1.807) is 13.2 Å². The highest BCUT2D eigenvalue weighted by Gasteiger charge is 2.15. The van der Waals surface area contributed by atoms with Crippen LogP contribution in [-0.4, -0.2) is 25.7 Å². The van der Waals surface area contributed by atoms with Gasteiger partial charge in [-0.25, -0.2) is 0 Å². The van der Waals surface area contributed by atoms with E-state index in [2.05, 4.69) is 5.32 Å². The average molecular weight is 330 g/mol. The fraction of sp³-hybridized carbons (Fsp3) is 0.211. The molecule has 1 atom stereocenters. The molecule has 0 fully saturated rings. The Hall–Kier alpha value is -2.10. The predicted octanol–water partition coefficient (Wildman–Crippen LogP) is 4.03. The number of nitrogens with one attached hydrogen (secondary N) is 1. The summed E-state index contributed by atoms with van der Waals surface area (Å²) in [6, 6.07) is 16.9. The van der Waals surface area contributed by atoms with E-state index in [0.29, 0.717) is 17.2 Å². The number of methoxy groups -OCH3 is 1. The summed E-state index contributed by atoms with van der Waals surface area (Å²) in [5.41, 5.74) is 2.22. The maximum absolute atomic E-state index is 12.7. The molecule has 0 aliphatic heterocycles. The first-order valence-corrected chi connectivity index (χ1v) is 7.81. The zero-order valence-electron chi connectivity index (χ0n) is 13.3. The fourth-order valence-electron chi connectivity index (χ4n) is 2.24. The lowest BCUT2D eigenvalue weighted by Gasteiger charge is -2.15. The largest absolute Gasteiger partial charge is 0.383 e. The fourth-order valence-corrected chi connectivity index (χ4v) is 2.43. The molecule has 0 bridgehead atoms. The molecular formula is C19H20ClNO2. The van der Waals surface area contributed by atoms with E-state index in [1.807, 2.05) is 61.5 Å². The van der Waals surface area contributed by atoms with Crippen molar-refractivity contribution in [3.8, 4) is 0 Å². The number of hydrogen-bond acceptors (Lipinski definition) is 2. The van der Waals surface area contributed by atoms with Gasteiger partial charge in [-0.3, -0.25) is 4.79 Å². The van der Waals surface area contributed by atoms with Gasteiger partial charge in [-0.05, 0) is 30.2 Å². The molecule has 23 heavy (non-hydrogen) atoms. The van der Waals surface area contributed by atoms with Crippen molar-refractivity contribution in [3.05, 3.63) is 70.7 Å². The van der Waals surface area contributed by atoms with Crippen molar-refractivity contribution in [3.63, 3.8) is 0 Å². The molecular weight excluding hydrogens is 310 g/mol. The van der Waals surface area contributed by atoms with Crippen molar-refractivity contribution in [2.75, 3.05) is 13.7 Å². The number of carbonyl (C=O) groups excluding carboxylic acids is 1. The Balaban J connectivity index is 2.37. The van der Waals surface area contributed by atoms with Gasteiger partial charge in [0.05, 0.1) is 6.61 Å². The van der Waals surface area contributed by atoms with Gasteiger partial charge in [-0.15, -0.1) is 0 Å². The van der Waals surface area contributed by atoms with Crippen molar-refractivity contribution in [1.29, 1.82) is 0 Å². The van der Waals surface area contributed by atoms with Crippen LogP contribution in [-0.2, 0) is 9.53 Å². The first kappa shape index (κ1) is 17.3. The van der Waals surface area contributed by atoms with E-state index in [1.165, 1.54) is 0 Å². The van der Waals surface area contributed by atoms with Gasteiger partial charge in [0.25, 0.3) is 5.91 Å². The van der Waals surface area contributed by atoms with Crippen LogP contribution >= 0.6 is 11.6 Å². The minimum atomic E-state index is -0.152. The first-order valence-electron chi connectivity index (χ1n) is 7.43. The topological polar surface area (TPSA) is 38.3 Å². The van der Waals surface area contributed by atoms with Crippen molar-refractivity contribution in [2.45, 2.75) is 13.0 Å². The van der Waals surface area contributed by atoms with E-state index < -0.39 is 0 Å². The summed E-state index contributed by atoms with van der Waals surface area (Å²) in [4.78, 5) is 12.7. The number of ether oxygens (including phenoxy) is 1. The minimum absolute atomic E-state index is 0.0779. The molecule has 0 saturated carbocycles. The third kappa shape index (κ3) is 4.95. The summed E-state index contributed by atoms with van der Waals surface area (Å²) in [5, 5.41) is 3.55. The van der Waals surface area contributed by atoms with Crippen molar-refractivity contribution < 1.29 is 9.53 Å². The molecule has 0 radical (unpaired) electrons. The van der Waals surface area contributed by atoms with Crippen LogP contribution in [0.4, 0.5) is 0 Å². The summed E-state index contributed by atoms with van der Waals surface area (Å²) in [6.45, 7) is 2.36. The molecule has 2 aromatic carbocycles. The van der Waals surface area contributed by atoms with Gasteiger partial charge in [-0.1, -0.05) is 60.1 Å². The van der Waals surface area contributed by atoms with Gasteiger partial charge < -0.3 is 10.1 Å². The SMILES string of the molecule is COC[C@H](C)NC(=O)/C(=C/c1ccccc1Cl)c1ccccc1. The van der Waals surface area contributed by atoms with Crippen LogP contribution < -0.4 is 5.32 Å². The maximum Gasteiger partial charge on any atom is 0.252 e. The molecule has 0 heterocycles. The molecule has 120 valence electrons. The minimum Gasteiger partial charge on any atom is -0.383 e. The van der Waals surface area contributed by atoms with Crippen LogP contribution in [0.25, 0.3) is 11.6 Å². The predicted molar refractivity (Wildman–Crippen MR) is 95.2 cm³/mol. The Morgan fingerprint density at radius 1 is 1.17 bits per heavy atom. The molecule has 0 saturated heterocycles. The molecule has 0 spiro atoms. The van der Waals surface area contributed by atoms with Gasteiger partial charge in [-0.2, -0.15) is 0 Å². The van der Waals surface area contributed by atoms with Gasteiger partial charge >= 0.3 is 0 Å². The lowest BCUT2D eigenvalue weighted by Crippen LogP contribution is -2.36. The van der Waals surface area contributed by atoms with Crippen molar-refractivity contribution >= 4 is 29.2 Å². The van der Waals surface area contributed by atoms with Gasteiger partial charge in [0.2, 0.25) is 0 Å². The highest BCUT2D eigenvalue weighted by Crippen LogP contribution is 2.23. The lowest BCUT2D eigenvalue weighted by molar-refractivity contribution is -0.116. The molecule has 0 aliphatic rings. The van der Waals surface area contributed by atoms with E-state index >= 15 is 0 Å². The Morgan fingerprint density at radius 3 is 2.48 bits per heavy atom. The Labute approximate surface area is 141 Å². The molecule has 1 amide bonds. The molecule has 2 aromatic rings. The van der Waals surface area contributed by atoms with Crippen molar-refractivity contribution in [2.24, 2.45) is 0 Å². The smallest absolute Gasteiger partial charge is 0.252 e. The second-order valence-corrected chi connectivity index (χ2v) is 5.68. The Bertz CT molecular complexity index is 683. The molecule has 0 unspecified atom stereocenters. The number of benzene rings is 2. The molecule has 1 N–H and O–H groups in total. The monoisotopic (exact) mass is 329 g/mol. The number of carbonyl (C=O) groups is 1. The highest BCUT2D eigenvalue weighted by molar-refractivity contribution is 6.33. The maximum atomic E-state index is 12.7. The Morgan fingerprint density at radius 2 is 1.83 bits per heavy atom. The van der Waals surface area contributed by atoms with E-state index in [0.717, 1.165) is 11.1 Å². The second kappa shape index (κ2) is 8.51. The standard InChI is InChI=1S/C19H20ClNO2/c1-14(13-23-2)21-19(22)17(15-8-4-3-5-9-15)12-16-10-6-7-11-18(16)20/h3-12,14H,13H2,1-2H3,(H,21,22)/b17-12+/t14-/m0/s1. The van der Waals surface area contributed by atoms with Gasteiger partial charge in [0.15, 0.2) is 0 Å². The Kier molecular flexibility index (Phi) is 6.39. The van der Waals surface area contributed by atoms with Crippen LogP contribution in [0.5, 0.6) is 0 Å². The van der Waals surface area contributed by atoms with Crippen LogP contribution in [0.3, 0.4) is 0 Å². The zero-order chi connectivity index (χ0) is 16.7. The lowest BCUT2D eigenvalue weighted by atomic mass is 10.0. The zero-order valence-corrected chi connectivity index (χ0v) is 14.0. The average Bonchev–Trinajstić information content (AvgIpc) is 2.55. The molecule has 0 aliphatic carbocycles. The van der Waals surface area contributed by atoms with E-state index in [9.17, 15) is 4.79 Å². The summed E-state index contributed by atoms with van der Waals surface area (Å²) in [7, 11) is 1.61. The van der Waals surface area contributed by atoms with E-state index in [-0.39, 0.29) is 11.9 Å². The summed E-state index contributed by atoms with van der Waals surface area (Å²) >= 11 is 6.22.